The number of carbonyl (C=O) groups is 2. The number of amides is 3. The smallest absolute Gasteiger partial charge is 0.335 e. The lowest BCUT2D eigenvalue weighted by Crippen LogP contribution is -2.54. The first-order valence-corrected chi connectivity index (χ1v) is 9.11. The van der Waals surface area contributed by atoms with Crippen LogP contribution < -0.4 is 0 Å². The van der Waals surface area contributed by atoms with Gasteiger partial charge in [0.15, 0.2) is 6.54 Å². The maximum absolute atomic E-state index is 13.7. The zero-order chi connectivity index (χ0) is 20.5. The molecule has 0 N–H and O–H groups in total. The van der Waals surface area contributed by atoms with Crippen LogP contribution in [0, 0.1) is 11.7 Å². The highest BCUT2D eigenvalue weighted by Gasteiger charge is 2.46. The number of benzene rings is 1. The lowest BCUT2D eigenvalue weighted by atomic mass is 9.94. The van der Waals surface area contributed by atoms with Crippen LogP contribution in [-0.4, -0.2) is 43.8 Å². The zero-order valence-corrected chi connectivity index (χ0v) is 15.8. The maximum Gasteiger partial charge on any atom is 0.501 e. The van der Waals surface area contributed by atoms with Gasteiger partial charge in [-0.2, -0.15) is 19.3 Å². The van der Waals surface area contributed by atoms with Crippen molar-refractivity contribution in [2.75, 3.05) is 6.54 Å². The Morgan fingerprint density at radius 1 is 1.34 bits per heavy atom. The molecule has 3 amide bonds. The highest BCUT2D eigenvalue weighted by Crippen LogP contribution is 2.24. The van der Waals surface area contributed by atoms with Crippen LogP contribution >= 0.6 is 11.6 Å². The standard InChI is InChI=1S/C20H15ClFN4O3/c1-2-9-25-19(27)13-5-3-4-6-16(13)26(20(25)28)11-17-23-18(24-29-17)12-7-8-14(21)15(22)10-12/h2-8,10,13H,1,9,11H2/q+1. The van der Waals surface area contributed by atoms with Gasteiger partial charge in [-0.1, -0.05) is 47.6 Å². The first kappa shape index (κ1) is 18.9. The van der Waals surface area contributed by atoms with Crippen molar-refractivity contribution in [2.24, 2.45) is 5.92 Å². The second kappa shape index (κ2) is 7.56. The van der Waals surface area contributed by atoms with Crippen molar-refractivity contribution in [1.29, 1.82) is 0 Å². The summed E-state index contributed by atoms with van der Waals surface area (Å²) < 4.78 is 20.4. The van der Waals surface area contributed by atoms with Gasteiger partial charge < -0.3 is 4.52 Å². The van der Waals surface area contributed by atoms with E-state index in [0.717, 1.165) is 4.90 Å². The normalized spacial score (nSPS) is 18.4. The molecule has 9 heteroatoms. The second-order valence-corrected chi connectivity index (χ2v) is 6.80. The molecule has 1 aromatic heterocycles. The maximum atomic E-state index is 13.7. The van der Waals surface area contributed by atoms with Crippen LogP contribution in [0.25, 0.3) is 11.4 Å². The van der Waals surface area contributed by atoms with Gasteiger partial charge in [-0.3, -0.25) is 0 Å². The van der Waals surface area contributed by atoms with E-state index in [4.69, 9.17) is 16.1 Å². The molecule has 2 aromatic rings. The van der Waals surface area contributed by atoms with Crippen molar-refractivity contribution in [2.45, 2.75) is 6.54 Å². The molecule has 0 fully saturated rings. The molecular formula is C20H15ClFN4O3+. The number of carbonyl (C=O) groups excluding carboxylic acids is 2. The molecule has 2 aliphatic rings. The topological polar surface area (TPSA) is 79.3 Å². The van der Waals surface area contributed by atoms with Gasteiger partial charge in [0.1, 0.15) is 24.0 Å². The minimum atomic E-state index is -0.599. The number of imide groups is 1. The number of nitrogens with zero attached hydrogens (tertiary/aromatic N) is 4. The van der Waals surface area contributed by atoms with E-state index in [9.17, 15) is 14.0 Å². The van der Waals surface area contributed by atoms with Crippen LogP contribution in [0.4, 0.5) is 9.18 Å². The molecule has 2 heterocycles. The molecule has 29 heavy (non-hydrogen) atoms. The van der Waals surface area contributed by atoms with Gasteiger partial charge in [0, 0.05) is 5.56 Å². The summed E-state index contributed by atoms with van der Waals surface area (Å²) >= 11 is 5.70. The Kier molecular flexibility index (Phi) is 4.94. The summed E-state index contributed by atoms with van der Waals surface area (Å²) in [5, 5.41) is 3.84. The van der Waals surface area contributed by atoms with Crippen LogP contribution in [0.5, 0.6) is 0 Å². The summed E-state index contributed by atoms with van der Waals surface area (Å²) in [5.74, 6) is -1.18. The average Bonchev–Trinajstić information content (AvgIpc) is 3.19. The second-order valence-electron chi connectivity index (χ2n) is 6.39. The Bertz CT molecular complexity index is 1120. The molecule has 7 nitrogen and oxygen atoms in total. The first-order valence-electron chi connectivity index (χ1n) is 8.73. The van der Waals surface area contributed by atoms with E-state index in [0.29, 0.717) is 11.3 Å². The number of fused-ring (bicyclic) bond motifs is 1. The third kappa shape index (κ3) is 3.42. The van der Waals surface area contributed by atoms with Gasteiger partial charge in [0.2, 0.25) is 5.82 Å². The minimum Gasteiger partial charge on any atom is -0.335 e. The Labute approximate surface area is 170 Å². The SMILES string of the molecule is C=CCN1C(=O)C2C=CC=CC2=[N+](Cc2nc(-c3ccc(Cl)c(F)c3)no2)C1=O. The molecule has 0 saturated carbocycles. The lowest BCUT2D eigenvalue weighted by Gasteiger charge is -2.25. The average molecular weight is 414 g/mol. The molecule has 0 bridgehead atoms. The number of hydrogen-bond acceptors (Lipinski definition) is 5. The molecule has 0 spiro atoms. The van der Waals surface area contributed by atoms with Crippen LogP contribution in [0.1, 0.15) is 5.89 Å². The number of rotatable bonds is 5. The minimum absolute atomic E-state index is 0.0112. The fraction of sp³-hybridized carbons (Fsp3) is 0.150. The summed E-state index contributed by atoms with van der Waals surface area (Å²) in [4.78, 5) is 30.9. The number of halogens is 2. The fourth-order valence-electron chi connectivity index (χ4n) is 3.18. The van der Waals surface area contributed by atoms with E-state index in [-0.39, 0.29) is 35.7 Å². The summed E-state index contributed by atoms with van der Waals surface area (Å²) in [6.45, 7) is 3.66. The van der Waals surface area contributed by atoms with Crippen molar-refractivity contribution in [1.82, 2.24) is 15.0 Å². The largest absolute Gasteiger partial charge is 0.501 e. The van der Waals surface area contributed by atoms with Crippen molar-refractivity contribution >= 4 is 29.3 Å². The van der Waals surface area contributed by atoms with E-state index >= 15 is 0 Å². The molecule has 1 aromatic carbocycles. The van der Waals surface area contributed by atoms with Crippen molar-refractivity contribution in [3.63, 3.8) is 0 Å². The Morgan fingerprint density at radius 2 is 2.17 bits per heavy atom. The van der Waals surface area contributed by atoms with Crippen molar-refractivity contribution in [3.8, 4) is 11.4 Å². The van der Waals surface area contributed by atoms with Crippen molar-refractivity contribution < 1.29 is 23.1 Å². The third-order valence-corrected chi connectivity index (χ3v) is 4.86. The van der Waals surface area contributed by atoms with Gasteiger partial charge in [0.25, 0.3) is 5.89 Å². The molecule has 0 radical (unpaired) electrons. The Hall–Kier alpha value is -3.39. The summed E-state index contributed by atoms with van der Waals surface area (Å²) in [7, 11) is 0. The molecule has 1 aliphatic carbocycles. The van der Waals surface area contributed by atoms with Gasteiger partial charge in [-0.15, -0.1) is 0 Å². The quantitative estimate of drug-likeness (QED) is 0.554. The molecular weight excluding hydrogens is 399 g/mol. The van der Waals surface area contributed by atoms with Gasteiger partial charge in [-0.05, 0) is 24.3 Å². The summed E-state index contributed by atoms with van der Waals surface area (Å²) in [6.07, 6.45) is 8.42. The van der Waals surface area contributed by atoms with Gasteiger partial charge in [0.05, 0.1) is 5.02 Å². The van der Waals surface area contributed by atoms with Crippen LogP contribution in [0.3, 0.4) is 0 Å². The Balaban J connectivity index is 1.68. The number of urea groups is 1. The van der Waals surface area contributed by atoms with Gasteiger partial charge in [-0.25, -0.2) is 9.18 Å². The molecule has 1 unspecified atom stereocenters. The van der Waals surface area contributed by atoms with E-state index in [2.05, 4.69) is 16.7 Å². The summed E-state index contributed by atoms with van der Waals surface area (Å²) in [6, 6.07) is 3.66. The highest BCUT2D eigenvalue weighted by molar-refractivity contribution is 6.30. The molecule has 4 rings (SSSR count). The van der Waals surface area contributed by atoms with Crippen LogP contribution in [0.2, 0.25) is 5.02 Å². The number of aromatic nitrogens is 2. The highest BCUT2D eigenvalue weighted by atomic mass is 35.5. The molecule has 0 saturated heterocycles. The van der Waals surface area contributed by atoms with Crippen LogP contribution in [0.15, 0.2) is 59.7 Å². The zero-order valence-electron chi connectivity index (χ0n) is 15.1. The van der Waals surface area contributed by atoms with Gasteiger partial charge >= 0.3 is 11.9 Å². The monoisotopic (exact) mass is 413 g/mol. The van der Waals surface area contributed by atoms with E-state index in [1.165, 1.54) is 22.8 Å². The predicted molar refractivity (Wildman–Crippen MR) is 103 cm³/mol. The van der Waals surface area contributed by atoms with E-state index in [1.54, 1.807) is 30.4 Å². The van der Waals surface area contributed by atoms with E-state index in [1.807, 2.05) is 0 Å². The number of allylic oxidation sites excluding steroid dienone is 3. The summed E-state index contributed by atoms with van der Waals surface area (Å²) in [5.41, 5.74) is 0.918. The van der Waals surface area contributed by atoms with E-state index < -0.39 is 17.8 Å². The molecule has 1 atom stereocenters. The molecule has 146 valence electrons. The molecule has 1 aliphatic heterocycles. The third-order valence-electron chi connectivity index (χ3n) is 4.56. The number of hydrogen-bond donors (Lipinski definition) is 0. The first-order chi connectivity index (χ1) is 14.0. The predicted octanol–water partition coefficient (Wildman–Crippen LogP) is 3.37. The van der Waals surface area contributed by atoms with Crippen molar-refractivity contribution in [3.05, 3.63) is 71.9 Å². The van der Waals surface area contributed by atoms with Crippen LogP contribution in [-0.2, 0) is 11.3 Å². The Morgan fingerprint density at radius 3 is 2.93 bits per heavy atom. The lowest BCUT2D eigenvalue weighted by molar-refractivity contribution is -0.459. The fourth-order valence-corrected chi connectivity index (χ4v) is 3.30.